The Morgan fingerprint density at radius 2 is 1.87 bits per heavy atom. The first-order chi connectivity index (χ1) is 18.6. The first-order valence-electron chi connectivity index (χ1n) is 12.3. The average molecular weight is 556 g/mol. The summed E-state index contributed by atoms with van der Waals surface area (Å²) in [5.74, 6) is 4.17. The molecule has 2 atom stereocenters. The number of likely N-dealkylation sites (N-methyl/N-ethyl adjacent to an activating group) is 1. The van der Waals surface area contributed by atoms with Gasteiger partial charge in [0.25, 0.3) is 0 Å². The summed E-state index contributed by atoms with van der Waals surface area (Å²) in [6.45, 7) is 0.939. The zero-order valence-electron chi connectivity index (χ0n) is 21.7. The van der Waals surface area contributed by atoms with Crippen molar-refractivity contribution >= 4 is 29.1 Å². The van der Waals surface area contributed by atoms with Crippen molar-refractivity contribution < 1.29 is 33.2 Å². The maximum absolute atomic E-state index is 13.2. The van der Waals surface area contributed by atoms with Gasteiger partial charge >= 0.3 is 5.97 Å². The second kappa shape index (κ2) is 10.2. The van der Waals surface area contributed by atoms with Crippen LogP contribution in [-0.4, -0.2) is 52.6 Å². The highest BCUT2D eigenvalue weighted by molar-refractivity contribution is 7.97. The highest BCUT2D eigenvalue weighted by Gasteiger charge is 2.47. The summed E-state index contributed by atoms with van der Waals surface area (Å²) in [5, 5.41) is 4.28. The molecule has 0 N–H and O–H groups in total. The Kier molecular flexibility index (Phi) is 6.79. The van der Waals surface area contributed by atoms with Crippen LogP contribution in [0.4, 0.5) is 0 Å². The SMILES string of the molecule is COc1ccc2c(c1OC)C(=O)O[C@@H]2[C@H]1c2c(c(CSCc3ccsc3)c3c(c2OC)OCO3)CCN1C. The number of rotatable bonds is 8. The molecule has 3 aliphatic heterocycles. The number of thioether (sulfide) groups is 1. The van der Waals surface area contributed by atoms with E-state index in [2.05, 4.69) is 28.8 Å². The van der Waals surface area contributed by atoms with Crippen LogP contribution in [0.25, 0.3) is 0 Å². The molecule has 0 fully saturated rings. The van der Waals surface area contributed by atoms with Gasteiger partial charge < -0.3 is 28.4 Å². The fraction of sp³-hybridized carbons (Fsp3) is 0.393. The van der Waals surface area contributed by atoms with Gasteiger partial charge in [-0.05, 0) is 47.5 Å². The number of benzene rings is 2. The summed E-state index contributed by atoms with van der Waals surface area (Å²) < 4.78 is 35.1. The molecule has 0 amide bonds. The van der Waals surface area contributed by atoms with Crippen LogP contribution in [0.15, 0.2) is 29.0 Å². The average Bonchev–Trinajstić information content (AvgIpc) is 3.69. The van der Waals surface area contributed by atoms with Crippen LogP contribution in [0.1, 0.15) is 50.3 Å². The number of ether oxygens (including phenoxy) is 6. The van der Waals surface area contributed by atoms with Gasteiger partial charge in [0, 0.05) is 34.7 Å². The van der Waals surface area contributed by atoms with Crippen molar-refractivity contribution in [3.63, 3.8) is 0 Å². The number of cyclic esters (lactones) is 1. The Morgan fingerprint density at radius 3 is 2.61 bits per heavy atom. The number of hydrogen-bond acceptors (Lipinski definition) is 10. The molecule has 1 aromatic heterocycles. The zero-order valence-corrected chi connectivity index (χ0v) is 23.3. The van der Waals surface area contributed by atoms with Crippen molar-refractivity contribution in [1.82, 2.24) is 4.90 Å². The minimum Gasteiger partial charge on any atom is -0.493 e. The number of carbonyl (C=O) groups excluding carboxylic acids is 1. The van der Waals surface area contributed by atoms with Crippen LogP contribution in [0.5, 0.6) is 28.7 Å². The third-order valence-electron chi connectivity index (χ3n) is 7.42. The van der Waals surface area contributed by atoms with E-state index in [0.717, 1.165) is 46.9 Å². The fourth-order valence-corrected chi connectivity index (χ4v) is 7.52. The maximum Gasteiger partial charge on any atom is 0.343 e. The van der Waals surface area contributed by atoms with Crippen LogP contribution in [0.3, 0.4) is 0 Å². The zero-order chi connectivity index (χ0) is 26.4. The van der Waals surface area contributed by atoms with Crippen LogP contribution >= 0.6 is 23.1 Å². The van der Waals surface area contributed by atoms with E-state index in [9.17, 15) is 4.79 Å². The molecule has 3 aromatic rings. The second-order valence-corrected chi connectivity index (χ2v) is 11.1. The summed E-state index contributed by atoms with van der Waals surface area (Å²) in [6, 6.07) is 5.59. The fourth-order valence-electron chi connectivity index (χ4n) is 5.72. The largest absolute Gasteiger partial charge is 0.493 e. The lowest BCUT2D eigenvalue weighted by atomic mass is 9.83. The van der Waals surface area contributed by atoms with Gasteiger partial charge in [0.2, 0.25) is 12.5 Å². The Balaban J connectivity index is 1.46. The molecule has 0 unspecified atom stereocenters. The standard InChI is InChI=1S/C28H29NO7S2/c1-29-9-7-16-18(13-38-12-15-8-10-37-11-15)24-27(35-14-34-24)26(33-4)20(16)22(29)23-17-5-6-19(31-2)25(32-3)21(17)28(30)36-23/h5-6,8,10-11,22-23H,7,9,12-14H2,1-4H3/t22-,23+/m1/s1. The predicted molar refractivity (Wildman–Crippen MR) is 145 cm³/mol. The van der Waals surface area contributed by atoms with E-state index in [1.807, 2.05) is 23.9 Å². The molecule has 4 heterocycles. The van der Waals surface area contributed by atoms with Crippen LogP contribution in [0, 0.1) is 0 Å². The minimum atomic E-state index is -0.554. The number of carbonyl (C=O) groups is 1. The van der Waals surface area contributed by atoms with Gasteiger partial charge in [-0.3, -0.25) is 4.90 Å². The number of hydrogen-bond donors (Lipinski definition) is 0. The van der Waals surface area contributed by atoms with Crippen molar-refractivity contribution in [3.05, 3.63) is 62.3 Å². The van der Waals surface area contributed by atoms with Crippen LogP contribution in [0.2, 0.25) is 0 Å². The van der Waals surface area contributed by atoms with Crippen LogP contribution < -0.4 is 23.7 Å². The molecule has 0 aliphatic carbocycles. The monoisotopic (exact) mass is 555 g/mol. The predicted octanol–water partition coefficient (Wildman–Crippen LogP) is 5.38. The number of nitrogens with zero attached hydrogens (tertiary/aromatic N) is 1. The summed E-state index contributed by atoms with van der Waals surface area (Å²) >= 11 is 3.56. The van der Waals surface area contributed by atoms with Gasteiger partial charge in [-0.25, -0.2) is 4.79 Å². The van der Waals surface area contributed by atoms with Gasteiger partial charge in [0.15, 0.2) is 23.0 Å². The normalized spacial score (nSPS) is 19.6. The minimum absolute atomic E-state index is 0.148. The lowest BCUT2D eigenvalue weighted by molar-refractivity contribution is 0.00870. The number of fused-ring (bicyclic) bond motifs is 3. The third kappa shape index (κ3) is 3.97. The smallest absolute Gasteiger partial charge is 0.343 e. The highest BCUT2D eigenvalue weighted by Crippen LogP contribution is 2.57. The van der Waals surface area contributed by atoms with E-state index in [-0.39, 0.29) is 12.8 Å². The molecular weight excluding hydrogens is 526 g/mol. The highest BCUT2D eigenvalue weighted by atomic mass is 32.2. The van der Waals surface area contributed by atoms with Gasteiger partial charge in [-0.1, -0.05) is 6.07 Å². The molecule has 0 saturated carbocycles. The molecule has 0 saturated heterocycles. The van der Waals surface area contributed by atoms with E-state index in [4.69, 9.17) is 28.4 Å². The molecule has 3 aliphatic rings. The molecule has 8 nitrogen and oxygen atoms in total. The van der Waals surface area contributed by atoms with Crippen molar-refractivity contribution in [2.75, 3.05) is 41.7 Å². The van der Waals surface area contributed by atoms with E-state index in [0.29, 0.717) is 28.6 Å². The molecule has 0 bridgehead atoms. The van der Waals surface area contributed by atoms with Gasteiger partial charge in [-0.15, -0.1) is 0 Å². The molecule has 10 heteroatoms. The van der Waals surface area contributed by atoms with E-state index in [1.54, 1.807) is 25.6 Å². The lowest BCUT2D eigenvalue weighted by Gasteiger charge is -2.39. The Bertz CT molecular complexity index is 1370. The van der Waals surface area contributed by atoms with E-state index < -0.39 is 12.1 Å². The number of methoxy groups -OCH3 is 3. The molecular formula is C28H29NO7S2. The Hall–Kier alpha value is -3.08. The lowest BCUT2D eigenvalue weighted by Crippen LogP contribution is -2.37. The quantitative estimate of drug-likeness (QED) is 0.341. The summed E-state index contributed by atoms with van der Waals surface area (Å²) in [5.41, 5.74) is 5.78. The van der Waals surface area contributed by atoms with Gasteiger partial charge in [-0.2, -0.15) is 23.1 Å². The number of esters is 1. The first kappa shape index (κ1) is 25.2. The van der Waals surface area contributed by atoms with Crippen molar-refractivity contribution in [2.45, 2.75) is 30.1 Å². The van der Waals surface area contributed by atoms with Crippen molar-refractivity contribution in [3.8, 4) is 28.7 Å². The Morgan fingerprint density at radius 1 is 1.05 bits per heavy atom. The molecule has 0 spiro atoms. The van der Waals surface area contributed by atoms with Gasteiger partial charge in [0.1, 0.15) is 11.7 Å². The van der Waals surface area contributed by atoms with E-state index >= 15 is 0 Å². The summed E-state index contributed by atoms with van der Waals surface area (Å²) in [7, 11) is 6.79. The second-order valence-electron chi connectivity index (χ2n) is 9.36. The molecule has 200 valence electrons. The summed E-state index contributed by atoms with van der Waals surface area (Å²) in [6.07, 6.45) is 0.269. The topological polar surface area (TPSA) is 75.7 Å². The third-order valence-corrected chi connectivity index (χ3v) is 9.18. The maximum atomic E-state index is 13.2. The summed E-state index contributed by atoms with van der Waals surface area (Å²) in [4.78, 5) is 15.4. The molecule has 38 heavy (non-hydrogen) atoms. The van der Waals surface area contributed by atoms with Crippen molar-refractivity contribution in [2.24, 2.45) is 0 Å². The van der Waals surface area contributed by atoms with Gasteiger partial charge in [0.05, 0.1) is 27.4 Å². The van der Waals surface area contributed by atoms with Crippen molar-refractivity contribution in [1.29, 1.82) is 0 Å². The molecule has 0 radical (unpaired) electrons. The van der Waals surface area contributed by atoms with E-state index in [1.165, 1.54) is 18.2 Å². The van der Waals surface area contributed by atoms with Crippen LogP contribution in [-0.2, 0) is 22.7 Å². The molecule has 6 rings (SSSR count). The first-order valence-corrected chi connectivity index (χ1v) is 14.4. The Labute approximate surface area is 229 Å². The molecule has 2 aromatic carbocycles. The number of thiophene rings is 1.